The van der Waals surface area contributed by atoms with Crippen LogP contribution in [-0.4, -0.2) is 36.3 Å². The van der Waals surface area contributed by atoms with E-state index in [9.17, 15) is 4.79 Å². The highest BCUT2D eigenvalue weighted by Gasteiger charge is 2.25. The number of anilines is 1. The number of aryl methyl sites for hydroxylation is 2. The van der Waals surface area contributed by atoms with Crippen molar-refractivity contribution < 1.29 is 4.79 Å². The number of rotatable bonds is 3. The molecule has 1 aromatic carbocycles. The third-order valence-electron chi connectivity index (χ3n) is 5.61. The molecule has 1 unspecified atom stereocenters. The van der Waals surface area contributed by atoms with Gasteiger partial charge in [0.1, 0.15) is 0 Å². The van der Waals surface area contributed by atoms with E-state index in [2.05, 4.69) is 28.1 Å². The molecule has 4 rings (SSSR count). The lowest BCUT2D eigenvalue weighted by Gasteiger charge is -2.28. The summed E-state index contributed by atoms with van der Waals surface area (Å²) in [6.07, 6.45) is 9.40. The van der Waals surface area contributed by atoms with Gasteiger partial charge in [0.2, 0.25) is 0 Å². The summed E-state index contributed by atoms with van der Waals surface area (Å²) in [7, 11) is 2.16. The number of carbonyl (C=O) groups excluding carboxylic acids is 1. The highest BCUT2D eigenvalue weighted by atomic mass is 32.2. The molecule has 0 bridgehead atoms. The Morgan fingerprint density at radius 2 is 1.83 bits per heavy atom. The second-order valence-electron chi connectivity index (χ2n) is 7.43. The van der Waals surface area contributed by atoms with Gasteiger partial charge in [-0.3, -0.25) is 4.72 Å². The van der Waals surface area contributed by atoms with Crippen LogP contribution in [0.1, 0.15) is 47.9 Å². The van der Waals surface area contributed by atoms with Crippen LogP contribution in [0.2, 0.25) is 0 Å². The molecule has 0 spiro atoms. The number of likely N-dealkylation sites (tertiary alicyclic amines) is 1. The summed E-state index contributed by atoms with van der Waals surface area (Å²) in [5.74, 6) is 0. The van der Waals surface area contributed by atoms with E-state index in [0.29, 0.717) is 5.25 Å². The number of fused-ring (bicyclic) bond motifs is 2. The molecular formula is C19H27N3OS. The zero-order valence-corrected chi connectivity index (χ0v) is 15.3. The van der Waals surface area contributed by atoms with Gasteiger partial charge in [0.05, 0.1) is 0 Å². The maximum atomic E-state index is 12.5. The minimum atomic E-state index is -0.0531. The van der Waals surface area contributed by atoms with Crippen LogP contribution in [0.4, 0.5) is 10.5 Å². The number of carbonyl (C=O) groups is 1. The SMILES string of the molecule is CN1CCCC(SNC(=O)Nc2c3c(cc4c2CCC4)CCC3)C1. The van der Waals surface area contributed by atoms with Gasteiger partial charge in [-0.25, -0.2) is 4.79 Å². The van der Waals surface area contributed by atoms with Crippen molar-refractivity contribution >= 4 is 23.7 Å². The first-order valence-corrected chi connectivity index (χ1v) is 10.2. The second kappa shape index (κ2) is 6.96. The molecule has 0 saturated carbocycles. The number of benzene rings is 1. The lowest BCUT2D eigenvalue weighted by molar-refractivity contribution is 0.256. The Morgan fingerprint density at radius 1 is 1.12 bits per heavy atom. The van der Waals surface area contributed by atoms with Crippen molar-refractivity contribution in [3.8, 4) is 0 Å². The van der Waals surface area contributed by atoms with Crippen molar-refractivity contribution in [2.45, 2.75) is 56.6 Å². The van der Waals surface area contributed by atoms with Crippen LogP contribution in [0.15, 0.2) is 6.07 Å². The minimum absolute atomic E-state index is 0.0531. The van der Waals surface area contributed by atoms with Gasteiger partial charge >= 0.3 is 6.03 Å². The first-order valence-electron chi connectivity index (χ1n) is 9.28. The zero-order chi connectivity index (χ0) is 16.5. The highest BCUT2D eigenvalue weighted by Crippen LogP contribution is 2.38. The summed E-state index contributed by atoms with van der Waals surface area (Å²) >= 11 is 1.59. The number of urea groups is 1. The van der Waals surface area contributed by atoms with Crippen LogP contribution in [-0.2, 0) is 25.7 Å². The number of hydrogen-bond donors (Lipinski definition) is 2. The Labute approximate surface area is 148 Å². The fourth-order valence-corrected chi connectivity index (χ4v) is 5.40. The molecule has 0 aromatic heterocycles. The Balaban J connectivity index is 1.43. The van der Waals surface area contributed by atoms with Crippen LogP contribution in [0, 0.1) is 0 Å². The van der Waals surface area contributed by atoms with Crippen LogP contribution in [0.3, 0.4) is 0 Å². The normalized spacial score (nSPS) is 23.0. The van der Waals surface area contributed by atoms with Crippen molar-refractivity contribution in [1.82, 2.24) is 9.62 Å². The van der Waals surface area contributed by atoms with Crippen LogP contribution in [0.5, 0.6) is 0 Å². The molecule has 2 N–H and O–H groups in total. The quantitative estimate of drug-likeness (QED) is 0.824. The number of nitrogens with zero attached hydrogens (tertiary/aromatic N) is 1. The Bertz CT molecular complexity index is 614. The maximum absolute atomic E-state index is 12.5. The van der Waals surface area contributed by atoms with Crippen molar-refractivity contribution in [3.05, 3.63) is 28.3 Å². The monoisotopic (exact) mass is 345 g/mol. The summed E-state index contributed by atoms with van der Waals surface area (Å²) in [6, 6.07) is 2.35. The fraction of sp³-hybridized carbons (Fsp3) is 0.632. The second-order valence-corrected chi connectivity index (χ2v) is 8.54. The first kappa shape index (κ1) is 16.3. The summed E-state index contributed by atoms with van der Waals surface area (Å²) in [5, 5.41) is 3.71. The molecule has 2 amide bonds. The highest BCUT2D eigenvalue weighted by molar-refractivity contribution is 7.98. The van der Waals surface area contributed by atoms with Gasteiger partial charge in [0.15, 0.2) is 0 Å². The average Bonchev–Trinajstić information content (AvgIpc) is 3.21. The van der Waals surface area contributed by atoms with Gasteiger partial charge in [-0.1, -0.05) is 6.07 Å². The molecule has 130 valence electrons. The van der Waals surface area contributed by atoms with E-state index >= 15 is 0 Å². The van der Waals surface area contributed by atoms with Crippen molar-refractivity contribution in [2.24, 2.45) is 0 Å². The average molecular weight is 346 g/mol. The number of nitrogens with one attached hydrogen (secondary N) is 2. The van der Waals surface area contributed by atoms with E-state index < -0.39 is 0 Å². The molecule has 1 saturated heterocycles. The van der Waals surface area contributed by atoms with E-state index in [1.807, 2.05) is 0 Å². The number of amides is 2. The van der Waals surface area contributed by atoms with Crippen molar-refractivity contribution in [1.29, 1.82) is 0 Å². The summed E-state index contributed by atoms with van der Waals surface area (Å²) in [6.45, 7) is 2.23. The van der Waals surface area contributed by atoms with E-state index in [4.69, 9.17) is 0 Å². The molecular weight excluding hydrogens is 318 g/mol. The Morgan fingerprint density at radius 3 is 2.50 bits per heavy atom. The van der Waals surface area contributed by atoms with Crippen LogP contribution >= 0.6 is 11.9 Å². The summed E-state index contributed by atoms with van der Waals surface area (Å²) in [5.41, 5.74) is 6.86. The zero-order valence-electron chi connectivity index (χ0n) is 14.5. The molecule has 1 fully saturated rings. The number of piperidine rings is 1. The molecule has 1 atom stereocenters. The Kier molecular flexibility index (Phi) is 4.72. The van der Waals surface area contributed by atoms with Crippen molar-refractivity contribution in [3.63, 3.8) is 0 Å². The van der Waals surface area contributed by atoms with Gasteiger partial charge in [-0.2, -0.15) is 0 Å². The molecule has 24 heavy (non-hydrogen) atoms. The van der Waals surface area contributed by atoms with E-state index in [1.54, 1.807) is 11.9 Å². The minimum Gasteiger partial charge on any atom is -0.307 e. The van der Waals surface area contributed by atoms with Gasteiger partial charge < -0.3 is 10.2 Å². The molecule has 2 aliphatic carbocycles. The third-order valence-corrected chi connectivity index (χ3v) is 6.63. The predicted octanol–water partition coefficient (Wildman–Crippen LogP) is 3.53. The van der Waals surface area contributed by atoms with Gasteiger partial charge in [-0.15, -0.1) is 0 Å². The van der Waals surface area contributed by atoms with Gasteiger partial charge in [0, 0.05) is 17.5 Å². The maximum Gasteiger partial charge on any atom is 0.329 e. The number of hydrogen-bond acceptors (Lipinski definition) is 3. The molecule has 1 aromatic rings. The smallest absolute Gasteiger partial charge is 0.307 e. The summed E-state index contributed by atoms with van der Waals surface area (Å²) in [4.78, 5) is 14.8. The topological polar surface area (TPSA) is 44.4 Å². The molecule has 5 heteroatoms. The third kappa shape index (κ3) is 3.29. The molecule has 4 nitrogen and oxygen atoms in total. The molecule has 0 radical (unpaired) electrons. The lowest BCUT2D eigenvalue weighted by Crippen LogP contribution is -2.36. The Hall–Kier alpha value is -1.20. The van der Waals surface area contributed by atoms with E-state index in [0.717, 1.165) is 25.1 Å². The largest absolute Gasteiger partial charge is 0.329 e. The fourth-order valence-electron chi connectivity index (χ4n) is 4.46. The standard InChI is InChI=1S/C19H27N3OS/c1-22-10-4-7-15(12-22)24-21-19(23)20-18-16-8-2-5-13(16)11-14-6-3-9-17(14)18/h11,15H,2-10,12H2,1H3,(H2,20,21,23). The first-order chi connectivity index (χ1) is 11.7. The van der Waals surface area contributed by atoms with Crippen LogP contribution in [0.25, 0.3) is 0 Å². The lowest BCUT2D eigenvalue weighted by atomic mass is 9.99. The molecule has 1 heterocycles. The predicted molar refractivity (Wildman–Crippen MR) is 101 cm³/mol. The van der Waals surface area contributed by atoms with E-state index in [1.165, 1.54) is 67.3 Å². The van der Waals surface area contributed by atoms with Gasteiger partial charge in [-0.05, 0) is 99.2 Å². The molecule has 1 aliphatic heterocycles. The van der Waals surface area contributed by atoms with Crippen LogP contribution < -0.4 is 10.0 Å². The van der Waals surface area contributed by atoms with Crippen molar-refractivity contribution in [2.75, 3.05) is 25.5 Å². The molecule has 3 aliphatic rings. The van der Waals surface area contributed by atoms with Gasteiger partial charge in [0.25, 0.3) is 0 Å². The van der Waals surface area contributed by atoms with E-state index in [-0.39, 0.29) is 6.03 Å². The summed E-state index contributed by atoms with van der Waals surface area (Å²) < 4.78 is 3.04.